The molecule has 7 nitrogen and oxygen atoms in total. The molecule has 2 heterocycles. The SMILES string of the molecule is Nc1cc(Nc2ccc(OCc3ccccc3)cc2)c2nc(C3CCC(N)CC3)cn2n1. The third kappa shape index (κ3) is 4.53. The quantitative estimate of drug-likeness (QED) is 0.414. The molecular formula is C25H28N6O. The molecule has 7 heteroatoms. The van der Waals surface area contributed by atoms with E-state index in [1.807, 2.05) is 54.7 Å². The summed E-state index contributed by atoms with van der Waals surface area (Å²) in [5, 5.41) is 7.86. The van der Waals surface area contributed by atoms with E-state index in [1.165, 1.54) is 0 Å². The summed E-state index contributed by atoms with van der Waals surface area (Å²) in [6.07, 6.45) is 6.20. The Hall–Kier alpha value is -3.58. The lowest BCUT2D eigenvalue weighted by molar-refractivity contribution is 0.306. The molecule has 0 atom stereocenters. The van der Waals surface area contributed by atoms with E-state index in [9.17, 15) is 0 Å². The molecule has 0 bridgehead atoms. The molecule has 32 heavy (non-hydrogen) atoms. The number of hydrogen-bond acceptors (Lipinski definition) is 6. The molecule has 0 aliphatic heterocycles. The molecular weight excluding hydrogens is 400 g/mol. The zero-order chi connectivity index (χ0) is 21.9. The van der Waals surface area contributed by atoms with Crippen LogP contribution in [0.1, 0.15) is 42.9 Å². The van der Waals surface area contributed by atoms with E-state index < -0.39 is 0 Å². The first-order valence-electron chi connectivity index (χ1n) is 11.1. The Morgan fingerprint density at radius 3 is 2.50 bits per heavy atom. The van der Waals surface area contributed by atoms with Crippen LogP contribution in [0, 0.1) is 0 Å². The standard InChI is InChI=1S/C25H28N6O/c26-19-8-6-18(7-9-19)23-15-31-25(29-23)22(14-24(27)30-31)28-20-10-12-21(13-11-20)32-16-17-4-2-1-3-5-17/h1-5,10-15,18-19,28H,6-9,16,26H2,(H2,27,30). The van der Waals surface area contributed by atoms with Gasteiger partial charge in [0.05, 0.1) is 17.6 Å². The average molecular weight is 429 g/mol. The van der Waals surface area contributed by atoms with Gasteiger partial charge in [-0.1, -0.05) is 30.3 Å². The highest BCUT2D eigenvalue weighted by Crippen LogP contribution is 2.33. The van der Waals surface area contributed by atoms with Crippen molar-refractivity contribution in [2.45, 2.75) is 44.2 Å². The smallest absolute Gasteiger partial charge is 0.177 e. The molecule has 1 saturated carbocycles. The third-order valence-corrected chi connectivity index (χ3v) is 6.03. The number of rotatable bonds is 6. The summed E-state index contributed by atoms with van der Waals surface area (Å²) in [6, 6.07) is 20.1. The summed E-state index contributed by atoms with van der Waals surface area (Å²) in [5.41, 5.74) is 16.9. The molecule has 0 unspecified atom stereocenters. The van der Waals surface area contributed by atoms with Crippen molar-refractivity contribution in [1.82, 2.24) is 14.6 Å². The third-order valence-electron chi connectivity index (χ3n) is 6.03. The number of anilines is 3. The zero-order valence-corrected chi connectivity index (χ0v) is 17.9. The van der Waals surface area contributed by atoms with Gasteiger partial charge < -0.3 is 21.5 Å². The molecule has 4 aromatic rings. The van der Waals surface area contributed by atoms with E-state index in [2.05, 4.69) is 22.5 Å². The Kier molecular flexibility index (Phi) is 5.64. The Balaban J connectivity index is 1.32. The van der Waals surface area contributed by atoms with Crippen LogP contribution in [0.15, 0.2) is 66.9 Å². The number of fused-ring (bicyclic) bond motifs is 1. The van der Waals surface area contributed by atoms with Crippen LogP contribution in [0.4, 0.5) is 17.2 Å². The number of nitrogens with zero attached hydrogens (tertiary/aromatic N) is 3. The number of ether oxygens (including phenoxy) is 1. The molecule has 1 fully saturated rings. The van der Waals surface area contributed by atoms with Crippen LogP contribution < -0.4 is 21.5 Å². The van der Waals surface area contributed by atoms with E-state index in [-0.39, 0.29) is 0 Å². The van der Waals surface area contributed by atoms with Crippen molar-refractivity contribution >= 4 is 22.8 Å². The van der Waals surface area contributed by atoms with Crippen molar-refractivity contribution < 1.29 is 4.74 Å². The molecule has 5 N–H and O–H groups in total. The molecule has 2 aromatic carbocycles. The van der Waals surface area contributed by atoms with Gasteiger partial charge in [0.2, 0.25) is 0 Å². The predicted molar refractivity (Wildman–Crippen MR) is 127 cm³/mol. The number of nitrogens with one attached hydrogen (secondary N) is 1. The van der Waals surface area contributed by atoms with Gasteiger partial charge in [-0.3, -0.25) is 0 Å². The van der Waals surface area contributed by atoms with E-state index in [0.717, 1.165) is 59.7 Å². The highest BCUT2D eigenvalue weighted by molar-refractivity contribution is 5.75. The fourth-order valence-corrected chi connectivity index (χ4v) is 4.25. The van der Waals surface area contributed by atoms with Crippen molar-refractivity contribution in [3.63, 3.8) is 0 Å². The lowest BCUT2D eigenvalue weighted by Crippen LogP contribution is -2.25. The monoisotopic (exact) mass is 428 g/mol. The lowest BCUT2D eigenvalue weighted by Gasteiger charge is -2.24. The van der Waals surface area contributed by atoms with Crippen molar-refractivity contribution in [2.75, 3.05) is 11.1 Å². The summed E-state index contributed by atoms with van der Waals surface area (Å²) >= 11 is 0. The number of imidazole rings is 1. The minimum atomic E-state index is 0.314. The fourth-order valence-electron chi connectivity index (χ4n) is 4.25. The topological polar surface area (TPSA) is 103 Å². The minimum absolute atomic E-state index is 0.314. The van der Waals surface area contributed by atoms with E-state index in [0.29, 0.717) is 24.4 Å². The van der Waals surface area contributed by atoms with Crippen molar-refractivity contribution in [3.05, 3.63) is 78.1 Å². The van der Waals surface area contributed by atoms with Gasteiger partial charge in [-0.05, 0) is 55.5 Å². The van der Waals surface area contributed by atoms with Gasteiger partial charge in [-0.2, -0.15) is 0 Å². The predicted octanol–water partition coefficient (Wildman–Crippen LogP) is 4.62. The molecule has 2 aromatic heterocycles. The molecule has 5 rings (SSSR count). The first-order chi connectivity index (χ1) is 15.6. The van der Waals surface area contributed by atoms with Crippen LogP contribution in [0.3, 0.4) is 0 Å². The number of nitrogens with two attached hydrogens (primary N) is 2. The van der Waals surface area contributed by atoms with Crippen LogP contribution in [-0.4, -0.2) is 20.6 Å². The summed E-state index contributed by atoms with van der Waals surface area (Å²) in [6.45, 7) is 0.540. The van der Waals surface area contributed by atoms with Crippen LogP contribution >= 0.6 is 0 Å². The average Bonchev–Trinajstić information content (AvgIpc) is 3.24. The Labute approximate surface area is 187 Å². The van der Waals surface area contributed by atoms with Crippen molar-refractivity contribution in [1.29, 1.82) is 0 Å². The largest absolute Gasteiger partial charge is 0.489 e. The summed E-state index contributed by atoms with van der Waals surface area (Å²) in [7, 11) is 0. The van der Waals surface area contributed by atoms with Gasteiger partial charge in [-0.25, -0.2) is 9.50 Å². The second-order valence-corrected chi connectivity index (χ2v) is 8.45. The molecule has 0 amide bonds. The second-order valence-electron chi connectivity index (χ2n) is 8.45. The Morgan fingerprint density at radius 2 is 1.75 bits per heavy atom. The number of aromatic nitrogens is 3. The first-order valence-corrected chi connectivity index (χ1v) is 11.1. The highest BCUT2D eigenvalue weighted by atomic mass is 16.5. The molecule has 0 saturated heterocycles. The van der Waals surface area contributed by atoms with Crippen LogP contribution in [0.5, 0.6) is 5.75 Å². The van der Waals surface area contributed by atoms with E-state index in [1.54, 1.807) is 4.52 Å². The first kappa shape index (κ1) is 20.3. The summed E-state index contributed by atoms with van der Waals surface area (Å²) in [5.74, 6) is 1.68. The van der Waals surface area contributed by atoms with Gasteiger partial charge in [0.25, 0.3) is 0 Å². The molecule has 164 valence electrons. The number of benzene rings is 2. The molecule has 1 aliphatic rings. The van der Waals surface area contributed by atoms with Gasteiger partial charge in [0, 0.05) is 23.7 Å². The van der Waals surface area contributed by atoms with Crippen LogP contribution in [0.2, 0.25) is 0 Å². The second kappa shape index (κ2) is 8.88. The van der Waals surface area contributed by atoms with Crippen LogP contribution in [0.25, 0.3) is 5.65 Å². The maximum absolute atomic E-state index is 6.07. The summed E-state index contributed by atoms with van der Waals surface area (Å²) < 4.78 is 7.66. The Bertz CT molecular complexity index is 1180. The normalized spacial score (nSPS) is 18.5. The van der Waals surface area contributed by atoms with Crippen molar-refractivity contribution in [3.8, 4) is 5.75 Å². The maximum atomic E-state index is 6.07. The number of nitrogen functional groups attached to an aromatic ring is 1. The van der Waals surface area contributed by atoms with Gasteiger partial charge >= 0.3 is 0 Å². The number of hydrogen-bond donors (Lipinski definition) is 3. The van der Waals surface area contributed by atoms with Gasteiger partial charge in [0.1, 0.15) is 18.2 Å². The van der Waals surface area contributed by atoms with Gasteiger partial charge in [0.15, 0.2) is 5.65 Å². The van der Waals surface area contributed by atoms with Crippen molar-refractivity contribution in [2.24, 2.45) is 5.73 Å². The molecule has 0 spiro atoms. The lowest BCUT2D eigenvalue weighted by atomic mass is 9.85. The minimum Gasteiger partial charge on any atom is -0.489 e. The van der Waals surface area contributed by atoms with E-state index >= 15 is 0 Å². The van der Waals surface area contributed by atoms with Crippen LogP contribution in [-0.2, 0) is 6.61 Å². The highest BCUT2D eigenvalue weighted by Gasteiger charge is 2.23. The maximum Gasteiger partial charge on any atom is 0.177 e. The summed E-state index contributed by atoms with van der Waals surface area (Å²) in [4.78, 5) is 4.90. The van der Waals surface area contributed by atoms with E-state index in [4.69, 9.17) is 21.2 Å². The Morgan fingerprint density at radius 1 is 1.00 bits per heavy atom. The molecule has 1 aliphatic carbocycles. The zero-order valence-electron chi connectivity index (χ0n) is 17.9. The fraction of sp³-hybridized carbons (Fsp3) is 0.280. The molecule has 0 radical (unpaired) electrons. The van der Waals surface area contributed by atoms with Gasteiger partial charge in [-0.15, -0.1) is 5.10 Å².